The molecule has 0 bridgehead atoms. The Morgan fingerprint density at radius 1 is 1.62 bits per heavy atom. The molecule has 2 rings (SSSR count). The molecule has 0 spiro atoms. The van der Waals surface area contributed by atoms with Crippen molar-refractivity contribution < 1.29 is 9.53 Å². The third-order valence-corrected chi connectivity index (χ3v) is 3.36. The molecule has 0 aromatic carbocycles. The minimum atomic E-state index is 0.223. The number of carbonyl (C=O) groups is 1. The van der Waals surface area contributed by atoms with Crippen LogP contribution in [0.5, 0.6) is 0 Å². The van der Waals surface area contributed by atoms with Crippen LogP contribution in [0.2, 0.25) is 0 Å². The van der Waals surface area contributed by atoms with Gasteiger partial charge < -0.3 is 9.64 Å². The summed E-state index contributed by atoms with van der Waals surface area (Å²) in [5.74, 6) is 0.945. The van der Waals surface area contributed by atoms with Crippen molar-refractivity contribution in [3.8, 4) is 0 Å². The largest absolute Gasteiger partial charge is 0.379 e. The average molecular weight is 202 g/mol. The van der Waals surface area contributed by atoms with Crippen LogP contribution in [0.4, 0.5) is 4.79 Å². The lowest BCUT2D eigenvalue weighted by molar-refractivity contribution is -0.0445. The molecule has 0 aromatic rings. The van der Waals surface area contributed by atoms with Gasteiger partial charge in [-0.25, -0.2) is 0 Å². The van der Waals surface area contributed by atoms with Crippen LogP contribution in [0.25, 0.3) is 0 Å². The van der Waals surface area contributed by atoms with Crippen LogP contribution in [0, 0.1) is 0 Å². The van der Waals surface area contributed by atoms with Crippen LogP contribution >= 0.6 is 11.8 Å². The standard InChI is InChI=1S/C8H14N2O2S/c1-12-7-4-9(5-7)6-10-2-3-13-8(10)11/h7H,2-6H2,1H3. The molecule has 2 saturated heterocycles. The summed E-state index contributed by atoms with van der Waals surface area (Å²) in [6.07, 6.45) is 0.380. The van der Waals surface area contributed by atoms with Gasteiger partial charge in [-0.3, -0.25) is 9.69 Å². The lowest BCUT2D eigenvalue weighted by Gasteiger charge is -2.39. The molecule has 13 heavy (non-hydrogen) atoms. The van der Waals surface area contributed by atoms with Crippen LogP contribution in [0.3, 0.4) is 0 Å². The van der Waals surface area contributed by atoms with Crippen molar-refractivity contribution in [2.24, 2.45) is 0 Å². The van der Waals surface area contributed by atoms with E-state index in [0.717, 1.165) is 32.1 Å². The maximum atomic E-state index is 11.2. The van der Waals surface area contributed by atoms with E-state index in [4.69, 9.17) is 4.74 Å². The molecular weight excluding hydrogens is 188 g/mol. The van der Waals surface area contributed by atoms with E-state index in [0.29, 0.717) is 6.10 Å². The number of likely N-dealkylation sites (tertiary alicyclic amines) is 1. The fourth-order valence-electron chi connectivity index (χ4n) is 1.58. The monoisotopic (exact) mass is 202 g/mol. The fourth-order valence-corrected chi connectivity index (χ4v) is 2.40. The molecule has 0 aliphatic carbocycles. The van der Waals surface area contributed by atoms with Crippen molar-refractivity contribution in [3.05, 3.63) is 0 Å². The highest BCUT2D eigenvalue weighted by atomic mass is 32.2. The fraction of sp³-hybridized carbons (Fsp3) is 0.875. The van der Waals surface area contributed by atoms with E-state index in [1.54, 1.807) is 7.11 Å². The maximum absolute atomic E-state index is 11.2. The van der Waals surface area contributed by atoms with Gasteiger partial charge in [0.05, 0.1) is 12.8 Å². The zero-order valence-electron chi connectivity index (χ0n) is 7.73. The third kappa shape index (κ3) is 1.98. The van der Waals surface area contributed by atoms with Crippen molar-refractivity contribution in [3.63, 3.8) is 0 Å². The molecule has 0 saturated carbocycles. The second kappa shape index (κ2) is 3.86. The molecule has 2 aliphatic heterocycles. The first-order valence-electron chi connectivity index (χ1n) is 4.46. The summed E-state index contributed by atoms with van der Waals surface area (Å²) >= 11 is 1.42. The van der Waals surface area contributed by atoms with Gasteiger partial charge in [0.1, 0.15) is 0 Å². The average Bonchev–Trinajstić information content (AvgIpc) is 2.43. The number of carbonyl (C=O) groups excluding carboxylic acids is 1. The first-order valence-corrected chi connectivity index (χ1v) is 5.45. The van der Waals surface area contributed by atoms with Crippen molar-refractivity contribution >= 4 is 17.0 Å². The van der Waals surface area contributed by atoms with Crippen LogP contribution in [0.15, 0.2) is 0 Å². The summed E-state index contributed by atoms with van der Waals surface area (Å²) in [5, 5.41) is 0.223. The van der Waals surface area contributed by atoms with Crippen molar-refractivity contribution in [2.75, 3.05) is 39.2 Å². The quantitative estimate of drug-likeness (QED) is 0.665. The maximum Gasteiger partial charge on any atom is 0.282 e. The van der Waals surface area contributed by atoms with E-state index in [9.17, 15) is 4.79 Å². The number of methoxy groups -OCH3 is 1. The first-order chi connectivity index (χ1) is 6.29. The number of amides is 1. The Bertz CT molecular complexity index is 206. The van der Waals surface area contributed by atoms with Gasteiger partial charge in [0, 0.05) is 32.5 Å². The molecular formula is C8H14N2O2S. The highest BCUT2D eigenvalue weighted by Gasteiger charge is 2.30. The molecule has 1 amide bonds. The molecule has 2 aliphatic rings. The summed E-state index contributed by atoms with van der Waals surface area (Å²) in [6.45, 7) is 3.61. The van der Waals surface area contributed by atoms with Gasteiger partial charge in [-0.15, -0.1) is 0 Å². The van der Waals surface area contributed by atoms with Gasteiger partial charge >= 0.3 is 0 Å². The van der Waals surface area contributed by atoms with E-state index in [-0.39, 0.29) is 5.24 Å². The van der Waals surface area contributed by atoms with E-state index in [2.05, 4.69) is 4.90 Å². The predicted molar refractivity (Wildman–Crippen MR) is 51.8 cm³/mol. The summed E-state index contributed by atoms with van der Waals surface area (Å²) in [6, 6.07) is 0. The van der Waals surface area contributed by atoms with Gasteiger partial charge in [-0.1, -0.05) is 11.8 Å². The normalized spacial score (nSPS) is 25.3. The van der Waals surface area contributed by atoms with Gasteiger partial charge in [-0.05, 0) is 0 Å². The summed E-state index contributed by atoms with van der Waals surface area (Å²) in [4.78, 5) is 15.4. The number of hydrogen-bond donors (Lipinski definition) is 0. The summed E-state index contributed by atoms with van der Waals surface area (Å²) in [7, 11) is 1.73. The number of hydrogen-bond acceptors (Lipinski definition) is 4. The zero-order chi connectivity index (χ0) is 9.26. The molecule has 2 heterocycles. The highest BCUT2D eigenvalue weighted by Crippen LogP contribution is 2.19. The highest BCUT2D eigenvalue weighted by molar-refractivity contribution is 8.13. The molecule has 0 N–H and O–H groups in total. The number of ether oxygens (including phenoxy) is 1. The predicted octanol–water partition coefficient (Wildman–Crippen LogP) is 0.443. The van der Waals surface area contributed by atoms with Crippen LogP contribution in [-0.4, -0.2) is 60.3 Å². The summed E-state index contributed by atoms with van der Waals surface area (Å²) in [5.41, 5.74) is 0. The Hall–Kier alpha value is -0.260. The lowest BCUT2D eigenvalue weighted by atomic mass is 10.2. The second-order valence-electron chi connectivity index (χ2n) is 3.41. The van der Waals surface area contributed by atoms with Gasteiger partial charge in [-0.2, -0.15) is 0 Å². The van der Waals surface area contributed by atoms with Crippen molar-refractivity contribution in [1.82, 2.24) is 9.80 Å². The minimum absolute atomic E-state index is 0.223. The Kier molecular flexibility index (Phi) is 2.76. The Labute approximate surface area is 82.2 Å². The topological polar surface area (TPSA) is 32.8 Å². The van der Waals surface area contributed by atoms with Gasteiger partial charge in [0.2, 0.25) is 0 Å². The van der Waals surface area contributed by atoms with Crippen molar-refractivity contribution in [2.45, 2.75) is 6.10 Å². The second-order valence-corrected chi connectivity index (χ2v) is 4.46. The van der Waals surface area contributed by atoms with Gasteiger partial charge in [0.25, 0.3) is 5.24 Å². The third-order valence-electron chi connectivity index (χ3n) is 2.47. The Balaban J connectivity index is 1.71. The molecule has 74 valence electrons. The number of thioether (sulfide) groups is 1. The van der Waals surface area contributed by atoms with E-state index < -0.39 is 0 Å². The molecule has 0 aromatic heterocycles. The van der Waals surface area contributed by atoms with E-state index >= 15 is 0 Å². The molecule has 0 radical (unpaired) electrons. The van der Waals surface area contributed by atoms with Crippen LogP contribution < -0.4 is 0 Å². The summed E-state index contributed by atoms with van der Waals surface area (Å²) < 4.78 is 5.16. The first kappa shape index (κ1) is 9.30. The Morgan fingerprint density at radius 2 is 2.38 bits per heavy atom. The smallest absolute Gasteiger partial charge is 0.282 e. The molecule has 5 heteroatoms. The SMILES string of the molecule is COC1CN(CN2CCSC2=O)C1. The molecule has 4 nitrogen and oxygen atoms in total. The van der Waals surface area contributed by atoms with Crippen LogP contribution in [-0.2, 0) is 4.74 Å². The Morgan fingerprint density at radius 3 is 2.92 bits per heavy atom. The van der Waals surface area contributed by atoms with Gasteiger partial charge in [0.15, 0.2) is 0 Å². The van der Waals surface area contributed by atoms with E-state index in [1.165, 1.54) is 11.8 Å². The molecule has 0 unspecified atom stereocenters. The zero-order valence-corrected chi connectivity index (χ0v) is 8.55. The lowest BCUT2D eigenvalue weighted by Crippen LogP contribution is -2.55. The number of nitrogens with zero attached hydrogens (tertiary/aromatic N) is 2. The van der Waals surface area contributed by atoms with Crippen molar-refractivity contribution in [1.29, 1.82) is 0 Å². The van der Waals surface area contributed by atoms with E-state index in [1.807, 2.05) is 4.90 Å². The molecule has 0 atom stereocenters. The number of rotatable bonds is 3. The molecule has 2 fully saturated rings. The minimum Gasteiger partial charge on any atom is -0.379 e. The van der Waals surface area contributed by atoms with Crippen LogP contribution in [0.1, 0.15) is 0 Å².